The number of aromatic nitrogens is 1. The van der Waals surface area contributed by atoms with Gasteiger partial charge in [-0.25, -0.2) is 4.98 Å². The lowest BCUT2D eigenvalue weighted by atomic mass is 10.1. The Hall–Kier alpha value is -1.01. The molecule has 0 aliphatic carbocycles. The molecule has 0 aromatic carbocycles. The van der Waals surface area contributed by atoms with Crippen LogP contribution in [0.15, 0.2) is 46.6 Å². The van der Waals surface area contributed by atoms with E-state index in [0.29, 0.717) is 6.04 Å². The first kappa shape index (κ1) is 13.0. The van der Waals surface area contributed by atoms with Gasteiger partial charge in [0.25, 0.3) is 0 Å². The van der Waals surface area contributed by atoms with Gasteiger partial charge in [0.2, 0.25) is 0 Å². The predicted octanol–water partition coefficient (Wildman–Crippen LogP) is 4.34. The van der Waals surface area contributed by atoms with Gasteiger partial charge in [-0.1, -0.05) is 12.1 Å². The fourth-order valence-electron chi connectivity index (χ4n) is 1.94. The van der Waals surface area contributed by atoms with Gasteiger partial charge >= 0.3 is 0 Å². The molecule has 0 aliphatic rings. The molecule has 3 aromatic rings. The monoisotopic (exact) mass is 306 g/mol. The van der Waals surface area contributed by atoms with Crippen molar-refractivity contribution in [1.82, 2.24) is 10.3 Å². The fourth-order valence-corrected chi connectivity index (χ4v) is 4.07. The molecule has 1 N–H and O–H groups in total. The van der Waals surface area contributed by atoms with Gasteiger partial charge in [-0.2, -0.15) is 0 Å². The van der Waals surface area contributed by atoms with Gasteiger partial charge < -0.3 is 5.32 Å². The van der Waals surface area contributed by atoms with Crippen molar-refractivity contribution in [3.63, 3.8) is 0 Å². The lowest BCUT2D eigenvalue weighted by Gasteiger charge is -2.16. The summed E-state index contributed by atoms with van der Waals surface area (Å²) >= 11 is 5.34. The minimum Gasteiger partial charge on any atom is -0.302 e. The lowest BCUT2D eigenvalue weighted by Crippen LogP contribution is -2.21. The summed E-state index contributed by atoms with van der Waals surface area (Å²) in [4.78, 5) is 7.14. The smallest absolute Gasteiger partial charge is 0.106 e. The molecule has 3 rings (SSSR count). The number of thiazole rings is 1. The van der Waals surface area contributed by atoms with Gasteiger partial charge in [-0.15, -0.1) is 34.0 Å². The van der Waals surface area contributed by atoms with Crippen LogP contribution in [-0.4, -0.2) is 4.98 Å². The van der Waals surface area contributed by atoms with Crippen LogP contribution in [0.2, 0.25) is 0 Å². The van der Waals surface area contributed by atoms with Crippen molar-refractivity contribution in [1.29, 1.82) is 0 Å². The van der Waals surface area contributed by atoms with Crippen molar-refractivity contribution in [3.05, 3.63) is 61.4 Å². The summed E-state index contributed by atoms with van der Waals surface area (Å²) in [6, 6.07) is 9.02. The summed E-state index contributed by atoms with van der Waals surface area (Å²) in [5, 5.41) is 11.1. The van der Waals surface area contributed by atoms with Crippen molar-refractivity contribution in [2.24, 2.45) is 0 Å². The van der Waals surface area contributed by atoms with Crippen LogP contribution in [0.5, 0.6) is 0 Å². The van der Waals surface area contributed by atoms with Crippen LogP contribution in [0.25, 0.3) is 0 Å². The van der Waals surface area contributed by atoms with Crippen LogP contribution in [-0.2, 0) is 13.0 Å². The average Bonchev–Trinajstić information content (AvgIpc) is 3.15. The molecule has 1 atom stereocenters. The Morgan fingerprint density at radius 2 is 1.95 bits per heavy atom. The maximum Gasteiger partial charge on any atom is 0.106 e. The van der Waals surface area contributed by atoms with Crippen molar-refractivity contribution in [3.8, 4) is 0 Å². The molecule has 0 amide bonds. The molecule has 0 bridgehead atoms. The van der Waals surface area contributed by atoms with Gasteiger partial charge in [-0.3, -0.25) is 0 Å². The third-order valence-electron chi connectivity index (χ3n) is 2.86. The number of rotatable bonds is 6. The Bertz CT molecular complexity index is 570. The van der Waals surface area contributed by atoms with Crippen LogP contribution >= 0.6 is 34.0 Å². The van der Waals surface area contributed by atoms with Crippen LogP contribution in [0.1, 0.15) is 20.8 Å². The van der Waals surface area contributed by atoms with Crippen LogP contribution < -0.4 is 5.32 Å². The molecule has 0 spiro atoms. The molecule has 5 heteroatoms. The number of nitrogens with zero attached hydrogens (tertiary/aromatic N) is 1. The Kier molecular flexibility index (Phi) is 4.40. The Morgan fingerprint density at radius 1 is 1.05 bits per heavy atom. The van der Waals surface area contributed by atoms with E-state index in [4.69, 9.17) is 0 Å². The first-order valence-electron chi connectivity index (χ1n) is 6.09. The van der Waals surface area contributed by atoms with Crippen molar-refractivity contribution < 1.29 is 0 Å². The fraction of sp³-hybridized carbons (Fsp3) is 0.214. The molecule has 3 heterocycles. The van der Waals surface area contributed by atoms with E-state index in [9.17, 15) is 0 Å². The van der Waals surface area contributed by atoms with E-state index < -0.39 is 0 Å². The summed E-state index contributed by atoms with van der Waals surface area (Å²) in [5.41, 5.74) is 0. The molecule has 0 fully saturated rings. The molecule has 2 nitrogen and oxygen atoms in total. The summed E-state index contributed by atoms with van der Waals surface area (Å²) < 4.78 is 0. The number of hydrogen-bond acceptors (Lipinski definition) is 5. The van der Waals surface area contributed by atoms with Gasteiger partial charge in [0.1, 0.15) is 5.01 Å². The maximum absolute atomic E-state index is 4.33. The largest absolute Gasteiger partial charge is 0.302 e. The highest BCUT2D eigenvalue weighted by Crippen LogP contribution is 2.25. The molecule has 98 valence electrons. The van der Waals surface area contributed by atoms with E-state index in [1.54, 1.807) is 11.3 Å². The van der Waals surface area contributed by atoms with E-state index in [1.807, 2.05) is 34.3 Å². The molecule has 0 aliphatic heterocycles. The third-order valence-corrected chi connectivity index (χ3v) is 5.52. The lowest BCUT2D eigenvalue weighted by molar-refractivity contribution is 0.540. The van der Waals surface area contributed by atoms with E-state index in [-0.39, 0.29) is 0 Å². The van der Waals surface area contributed by atoms with E-state index >= 15 is 0 Å². The second kappa shape index (κ2) is 6.43. The van der Waals surface area contributed by atoms with Gasteiger partial charge in [-0.05, 0) is 22.9 Å². The predicted molar refractivity (Wildman–Crippen MR) is 84.0 cm³/mol. The molecule has 0 saturated carbocycles. The maximum atomic E-state index is 4.33. The number of nitrogens with one attached hydrogen (secondary N) is 1. The summed E-state index contributed by atoms with van der Waals surface area (Å²) in [7, 11) is 0. The van der Waals surface area contributed by atoms with Gasteiger partial charge in [0.15, 0.2) is 0 Å². The zero-order valence-electron chi connectivity index (χ0n) is 10.3. The summed E-state index contributed by atoms with van der Waals surface area (Å²) in [6.07, 6.45) is 2.91. The standard InChI is InChI=1S/C14H14N2S3/c1-3-11(17-6-1)9-12(13-4-2-7-18-13)16-10-14-15-5-8-19-14/h1-8,12,16H,9-10H2. The van der Waals surface area contributed by atoms with E-state index in [1.165, 1.54) is 9.75 Å². The summed E-state index contributed by atoms with van der Waals surface area (Å²) in [5.74, 6) is 0. The highest BCUT2D eigenvalue weighted by molar-refractivity contribution is 7.10. The molecule has 3 aromatic heterocycles. The molecular formula is C14H14N2S3. The van der Waals surface area contributed by atoms with E-state index in [2.05, 4.69) is 45.3 Å². The number of thiophene rings is 2. The number of hydrogen-bond donors (Lipinski definition) is 1. The molecule has 19 heavy (non-hydrogen) atoms. The van der Waals surface area contributed by atoms with Crippen LogP contribution in [0.3, 0.4) is 0 Å². The minimum absolute atomic E-state index is 0.377. The van der Waals surface area contributed by atoms with Crippen LogP contribution in [0, 0.1) is 0 Å². The highest BCUT2D eigenvalue weighted by atomic mass is 32.1. The molecular weight excluding hydrogens is 292 g/mol. The topological polar surface area (TPSA) is 24.9 Å². The van der Waals surface area contributed by atoms with Gasteiger partial charge in [0, 0.05) is 40.3 Å². The Balaban J connectivity index is 1.69. The Labute approximate surface area is 124 Å². The van der Waals surface area contributed by atoms with Crippen LogP contribution in [0.4, 0.5) is 0 Å². The first-order chi connectivity index (χ1) is 9.42. The SMILES string of the molecule is c1csc(CC(NCc2nccs2)c2cccs2)c1. The normalized spacial score (nSPS) is 12.6. The quantitative estimate of drug-likeness (QED) is 0.733. The van der Waals surface area contributed by atoms with Crippen molar-refractivity contribution in [2.45, 2.75) is 19.0 Å². The second-order valence-electron chi connectivity index (χ2n) is 4.16. The average molecular weight is 306 g/mol. The molecule has 1 unspecified atom stereocenters. The molecule has 0 radical (unpaired) electrons. The summed E-state index contributed by atoms with van der Waals surface area (Å²) in [6.45, 7) is 0.839. The van der Waals surface area contributed by atoms with E-state index in [0.717, 1.165) is 18.0 Å². The zero-order valence-corrected chi connectivity index (χ0v) is 12.7. The second-order valence-corrected chi connectivity index (χ2v) is 7.15. The molecule has 0 saturated heterocycles. The van der Waals surface area contributed by atoms with Crippen molar-refractivity contribution >= 4 is 34.0 Å². The zero-order chi connectivity index (χ0) is 12.9. The first-order valence-corrected chi connectivity index (χ1v) is 8.73. The minimum atomic E-state index is 0.377. The van der Waals surface area contributed by atoms with Gasteiger partial charge in [0.05, 0.1) is 0 Å². The van der Waals surface area contributed by atoms with Crippen molar-refractivity contribution in [2.75, 3.05) is 0 Å². The highest BCUT2D eigenvalue weighted by Gasteiger charge is 2.14. The third kappa shape index (κ3) is 3.51. The Morgan fingerprint density at radius 3 is 2.63 bits per heavy atom.